The first-order valence-corrected chi connectivity index (χ1v) is 5.96. The molecule has 0 heterocycles. The first kappa shape index (κ1) is 14.9. The molecule has 1 rings (SSSR count). The van der Waals surface area contributed by atoms with Crippen molar-refractivity contribution in [1.82, 2.24) is 0 Å². The molecule has 18 heavy (non-hydrogen) atoms. The number of hydrogen-bond donors (Lipinski definition) is 1. The van der Waals surface area contributed by atoms with Gasteiger partial charge in [0.05, 0.1) is 19.8 Å². The van der Waals surface area contributed by atoms with Gasteiger partial charge < -0.3 is 19.9 Å². The summed E-state index contributed by atoms with van der Waals surface area (Å²) in [5.41, 5.74) is 6.26. The maximum absolute atomic E-state index is 13.6. The van der Waals surface area contributed by atoms with Crippen LogP contribution in [-0.2, 0) is 15.9 Å². The third-order valence-electron chi connectivity index (χ3n) is 2.37. The van der Waals surface area contributed by atoms with E-state index in [9.17, 15) is 4.39 Å². The lowest BCUT2D eigenvalue weighted by molar-refractivity contribution is 0.0536. The van der Waals surface area contributed by atoms with Gasteiger partial charge in [-0.15, -0.1) is 0 Å². The van der Waals surface area contributed by atoms with E-state index in [0.29, 0.717) is 39.4 Å². The second kappa shape index (κ2) is 8.85. The molecule has 0 aliphatic heterocycles. The van der Waals surface area contributed by atoms with Crippen LogP contribution >= 0.6 is 0 Å². The van der Waals surface area contributed by atoms with Crippen LogP contribution in [0.2, 0.25) is 0 Å². The molecule has 0 aliphatic carbocycles. The number of ether oxygens (including phenoxy) is 3. The number of para-hydroxylation sites is 1. The highest BCUT2D eigenvalue weighted by Gasteiger charge is 2.08. The van der Waals surface area contributed by atoms with E-state index in [-0.39, 0.29) is 11.6 Å². The monoisotopic (exact) mass is 257 g/mol. The molecule has 0 saturated heterocycles. The topological polar surface area (TPSA) is 53.7 Å². The molecule has 0 saturated carbocycles. The fourth-order valence-electron chi connectivity index (χ4n) is 1.51. The maximum atomic E-state index is 13.6. The van der Waals surface area contributed by atoms with Gasteiger partial charge in [-0.2, -0.15) is 0 Å². The summed E-state index contributed by atoms with van der Waals surface area (Å²) in [6, 6.07) is 4.85. The maximum Gasteiger partial charge on any atom is 0.165 e. The highest BCUT2D eigenvalue weighted by molar-refractivity contribution is 5.35. The molecule has 0 fully saturated rings. The zero-order valence-electron chi connectivity index (χ0n) is 10.7. The Balaban J connectivity index is 2.40. The van der Waals surface area contributed by atoms with Crippen molar-refractivity contribution in [2.75, 3.05) is 40.1 Å². The van der Waals surface area contributed by atoms with Crippen LogP contribution in [0.4, 0.5) is 4.39 Å². The fourth-order valence-corrected chi connectivity index (χ4v) is 1.51. The molecule has 102 valence electrons. The molecule has 5 heteroatoms. The summed E-state index contributed by atoms with van der Waals surface area (Å²) >= 11 is 0. The van der Waals surface area contributed by atoms with E-state index in [1.54, 1.807) is 13.2 Å². The van der Waals surface area contributed by atoms with Crippen LogP contribution in [0.15, 0.2) is 18.2 Å². The molecule has 1 aromatic carbocycles. The average molecular weight is 257 g/mol. The molecule has 2 N–H and O–H groups in total. The lowest BCUT2D eigenvalue weighted by Gasteiger charge is -2.12. The first-order valence-electron chi connectivity index (χ1n) is 5.96. The standard InChI is InChI=1S/C13H20FNO3/c1-16-7-8-17-9-10-18-13-11(5-6-15)3-2-4-12(13)14/h2-4H,5-10,15H2,1H3. The Kier molecular flexibility index (Phi) is 7.32. The molecule has 4 nitrogen and oxygen atoms in total. The number of nitrogens with two attached hydrogens (primary N) is 1. The Morgan fingerprint density at radius 3 is 2.67 bits per heavy atom. The number of halogens is 1. The summed E-state index contributed by atoms with van der Waals surface area (Å²) in [6.45, 7) is 2.22. The van der Waals surface area contributed by atoms with Crippen molar-refractivity contribution in [2.45, 2.75) is 6.42 Å². The van der Waals surface area contributed by atoms with E-state index in [1.807, 2.05) is 6.07 Å². The molecule has 0 aliphatic rings. The van der Waals surface area contributed by atoms with Gasteiger partial charge in [-0.3, -0.25) is 0 Å². The van der Waals surface area contributed by atoms with Crippen LogP contribution in [0.1, 0.15) is 5.56 Å². The summed E-state index contributed by atoms with van der Waals surface area (Å²) in [6.07, 6.45) is 0.595. The van der Waals surface area contributed by atoms with Crippen molar-refractivity contribution >= 4 is 0 Å². The van der Waals surface area contributed by atoms with Gasteiger partial charge >= 0.3 is 0 Å². The predicted molar refractivity (Wildman–Crippen MR) is 67.3 cm³/mol. The van der Waals surface area contributed by atoms with Gasteiger partial charge in [-0.1, -0.05) is 12.1 Å². The van der Waals surface area contributed by atoms with E-state index in [2.05, 4.69) is 0 Å². The van der Waals surface area contributed by atoms with Crippen molar-refractivity contribution < 1.29 is 18.6 Å². The van der Waals surface area contributed by atoms with Crippen LogP contribution in [0.3, 0.4) is 0 Å². The molecule has 0 bridgehead atoms. The second-order valence-electron chi connectivity index (χ2n) is 3.72. The van der Waals surface area contributed by atoms with Gasteiger partial charge in [0.1, 0.15) is 6.61 Å². The largest absolute Gasteiger partial charge is 0.488 e. The minimum Gasteiger partial charge on any atom is -0.488 e. The van der Waals surface area contributed by atoms with Crippen LogP contribution in [0.25, 0.3) is 0 Å². The van der Waals surface area contributed by atoms with Crippen molar-refractivity contribution in [3.8, 4) is 5.75 Å². The van der Waals surface area contributed by atoms with Gasteiger partial charge in [-0.25, -0.2) is 4.39 Å². The summed E-state index contributed by atoms with van der Waals surface area (Å²) in [7, 11) is 1.61. The van der Waals surface area contributed by atoms with E-state index in [4.69, 9.17) is 19.9 Å². The lowest BCUT2D eigenvalue weighted by atomic mass is 10.1. The number of methoxy groups -OCH3 is 1. The zero-order valence-corrected chi connectivity index (χ0v) is 10.7. The average Bonchev–Trinajstić information content (AvgIpc) is 2.36. The molecule has 0 unspecified atom stereocenters. The minimum absolute atomic E-state index is 0.276. The molecule has 0 spiro atoms. The highest BCUT2D eigenvalue weighted by Crippen LogP contribution is 2.22. The Hall–Kier alpha value is -1.17. The highest BCUT2D eigenvalue weighted by atomic mass is 19.1. The smallest absolute Gasteiger partial charge is 0.165 e. The second-order valence-corrected chi connectivity index (χ2v) is 3.72. The molecule has 0 amide bonds. The number of benzene rings is 1. The van der Waals surface area contributed by atoms with Crippen LogP contribution in [0, 0.1) is 5.82 Å². The Morgan fingerprint density at radius 2 is 1.94 bits per heavy atom. The lowest BCUT2D eigenvalue weighted by Crippen LogP contribution is -2.12. The number of hydrogen-bond acceptors (Lipinski definition) is 4. The molecular formula is C13H20FNO3. The van der Waals surface area contributed by atoms with Crippen molar-refractivity contribution in [2.24, 2.45) is 5.73 Å². The van der Waals surface area contributed by atoms with Gasteiger partial charge in [0.2, 0.25) is 0 Å². The van der Waals surface area contributed by atoms with Gasteiger partial charge in [0, 0.05) is 7.11 Å². The van der Waals surface area contributed by atoms with Crippen LogP contribution in [0.5, 0.6) is 5.75 Å². The van der Waals surface area contributed by atoms with E-state index in [0.717, 1.165) is 5.56 Å². The van der Waals surface area contributed by atoms with E-state index >= 15 is 0 Å². The molecular weight excluding hydrogens is 237 g/mol. The summed E-state index contributed by atoms with van der Waals surface area (Å²) < 4.78 is 29.1. The van der Waals surface area contributed by atoms with Gasteiger partial charge in [-0.05, 0) is 24.6 Å². The fraction of sp³-hybridized carbons (Fsp3) is 0.538. The Morgan fingerprint density at radius 1 is 1.17 bits per heavy atom. The first-order chi connectivity index (χ1) is 8.79. The molecule has 0 atom stereocenters. The summed E-state index contributed by atoms with van der Waals surface area (Å²) in [4.78, 5) is 0. The molecule has 1 aromatic rings. The van der Waals surface area contributed by atoms with E-state index in [1.165, 1.54) is 6.07 Å². The van der Waals surface area contributed by atoms with Gasteiger partial charge in [0.15, 0.2) is 11.6 Å². The molecule has 0 radical (unpaired) electrons. The van der Waals surface area contributed by atoms with Gasteiger partial charge in [0.25, 0.3) is 0 Å². The Labute approximate surface area is 107 Å². The predicted octanol–water partition coefficient (Wildman–Crippen LogP) is 1.37. The molecule has 0 aromatic heterocycles. The van der Waals surface area contributed by atoms with Crippen LogP contribution in [-0.4, -0.2) is 40.1 Å². The van der Waals surface area contributed by atoms with E-state index < -0.39 is 0 Å². The van der Waals surface area contributed by atoms with Crippen molar-refractivity contribution in [3.63, 3.8) is 0 Å². The van der Waals surface area contributed by atoms with Crippen LogP contribution < -0.4 is 10.5 Å². The third-order valence-corrected chi connectivity index (χ3v) is 2.37. The normalized spacial score (nSPS) is 10.6. The third kappa shape index (κ3) is 5.00. The Bertz CT molecular complexity index is 347. The minimum atomic E-state index is -0.363. The zero-order chi connectivity index (χ0) is 13.2. The SMILES string of the molecule is COCCOCCOc1c(F)cccc1CCN. The summed E-state index contributed by atoms with van der Waals surface area (Å²) in [5.74, 6) is -0.0869. The number of rotatable bonds is 9. The summed E-state index contributed by atoms with van der Waals surface area (Å²) in [5, 5.41) is 0. The quantitative estimate of drug-likeness (QED) is 0.679. The van der Waals surface area contributed by atoms with Crippen molar-refractivity contribution in [1.29, 1.82) is 0 Å². The van der Waals surface area contributed by atoms with Crippen molar-refractivity contribution in [3.05, 3.63) is 29.6 Å².